The SMILES string of the molecule is C[C@](O)(CNC(=O)NCc1cccc(C(F)(F)F)c1)c1ccco1. The minimum Gasteiger partial charge on any atom is -0.466 e. The maximum Gasteiger partial charge on any atom is 0.416 e. The van der Waals surface area contributed by atoms with Crippen LogP contribution in [0.4, 0.5) is 18.0 Å². The van der Waals surface area contributed by atoms with Crippen LogP contribution in [0.15, 0.2) is 47.1 Å². The Labute approximate surface area is 136 Å². The van der Waals surface area contributed by atoms with Gasteiger partial charge in [-0.05, 0) is 36.8 Å². The van der Waals surface area contributed by atoms with Crippen molar-refractivity contribution in [2.45, 2.75) is 25.2 Å². The Morgan fingerprint density at radius 1 is 1.21 bits per heavy atom. The summed E-state index contributed by atoms with van der Waals surface area (Å²) in [7, 11) is 0. The number of aliphatic hydroxyl groups is 1. The molecule has 130 valence electrons. The van der Waals surface area contributed by atoms with Crippen LogP contribution in [-0.2, 0) is 18.3 Å². The van der Waals surface area contributed by atoms with E-state index in [0.29, 0.717) is 11.3 Å². The fourth-order valence-electron chi connectivity index (χ4n) is 2.03. The molecule has 2 amide bonds. The molecule has 1 atom stereocenters. The maximum atomic E-state index is 12.6. The summed E-state index contributed by atoms with van der Waals surface area (Å²) in [6, 6.07) is 7.26. The van der Waals surface area contributed by atoms with Crippen molar-refractivity contribution in [1.29, 1.82) is 0 Å². The number of carbonyl (C=O) groups is 1. The third-order valence-corrected chi connectivity index (χ3v) is 3.35. The zero-order valence-corrected chi connectivity index (χ0v) is 12.9. The number of alkyl halides is 3. The van der Waals surface area contributed by atoms with Crippen molar-refractivity contribution in [3.8, 4) is 0 Å². The van der Waals surface area contributed by atoms with Crippen molar-refractivity contribution in [2.24, 2.45) is 0 Å². The maximum absolute atomic E-state index is 12.6. The quantitative estimate of drug-likeness (QED) is 0.782. The number of hydrogen-bond donors (Lipinski definition) is 3. The molecule has 0 saturated heterocycles. The van der Waals surface area contributed by atoms with Crippen molar-refractivity contribution in [3.63, 3.8) is 0 Å². The first-order valence-corrected chi connectivity index (χ1v) is 7.13. The lowest BCUT2D eigenvalue weighted by atomic mass is 10.0. The Morgan fingerprint density at radius 2 is 1.96 bits per heavy atom. The Hall–Kier alpha value is -2.48. The van der Waals surface area contributed by atoms with Gasteiger partial charge in [0, 0.05) is 6.54 Å². The van der Waals surface area contributed by atoms with Gasteiger partial charge in [-0.25, -0.2) is 4.79 Å². The predicted molar refractivity (Wildman–Crippen MR) is 80.0 cm³/mol. The molecule has 1 aromatic carbocycles. The first-order valence-electron chi connectivity index (χ1n) is 7.13. The lowest BCUT2D eigenvalue weighted by Gasteiger charge is -2.21. The number of halogens is 3. The van der Waals surface area contributed by atoms with Gasteiger partial charge in [0.05, 0.1) is 18.4 Å². The van der Waals surface area contributed by atoms with Crippen LogP contribution in [0.2, 0.25) is 0 Å². The number of nitrogens with one attached hydrogen (secondary N) is 2. The molecule has 3 N–H and O–H groups in total. The summed E-state index contributed by atoms with van der Waals surface area (Å²) in [4.78, 5) is 11.7. The number of carbonyl (C=O) groups excluding carboxylic acids is 1. The Balaban J connectivity index is 1.86. The van der Waals surface area contributed by atoms with E-state index in [0.717, 1.165) is 12.1 Å². The third kappa shape index (κ3) is 4.76. The molecule has 0 bridgehead atoms. The summed E-state index contributed by atoms with van der Waals surface area (Å²) in [5, 5.41) is 15.1. The second-order valence-corrected chi connectivity index (χ2v) is 5.49. The molecule has 0 aliphatic rings. The van der Waals surface area contributed by atoms with E-state index in [1.807, 2.05) is 0 Å². The molecule has 0 radical (unpaired) electrons. The predicted octanol–water partition coefficient (Wildman–Crippen LogP) is 3.01. The van der Waals surface area contributed by atoms with Gasteiger partial charge in [-0.2, -0.15) is 13.2 Å². The van der Waals surface area contributed by atoms with Crippen molar-refractivity contribution in [1.82, 2.24) is 10.6 Å². The second kappa shape index (κ2) is 6.96. The van der Waals surface area contributed by atoms with E-state index >= 15 is 0 Å². The lowest BCUT2D eigenvalue weighted by molar-refractivity contribution is -0.137. The van der Waals surface area contributed by atoms with Gasteiger partial charge in [0.25, 0.3) is 0 Å². The highest BCUT2D eigenvalue weighted by molar-refractivity contribution is 5.73. The van der Waals surface area contributed by atoms with Crippen LogP contribution in [0.5, 0.6) is 0 Å². The molecule has 0 aliphatic heterocycles. The molecule has 8 heteroatoms. The normalized spacial score (nSPS) is 14.0. The average Bonchev–Trinajstić information content (AvgIpc) is 3.06. The standard InChI is InChI=1S/C16H17F3N2O3/c1-15(23,13-6-3-7-24-13)10-21-14(22)20-9-11-4-2-5-12(8-11)16(17,18)19/h2-8,23H,9-10H2,1H3,(H2,20,21,22)/t15-/m0/s1. The van der Waals surface area contributed by atoms with Crippen molar-refractivity contribution >= 4 is 6.03 Å². The van der Waals surface area contributed by atoms with Gasteiger partial charge in [-0.3, -0.25) is 0 Å². The lowest BCUT2D eigenvalue weighted by Crippen LogP contribution is -2.43. The number of benzene rings is 1. The molecule has 0 saturated carbocycles. The van der Waals surface area contributed by atoms with E-state index in [4.69, 9.17) is 4.42 Å². The van der Waals surface area contributed by atoms with Crippen LogP contribution >= 0.6 is 0 Å². The van der Waals surface area contributed by atoms with E-state index in [2.05, 4.69) is 10.6 Å². The van der Waals surface area contributed by atoms with E-state index in [-0.39, 0.29) is 13.1 Å². The van der Waals surface area contributed by atoms with Crippen LogP contribution in [0, 0.1) is 0 Å². The van der Waals surface area contributed by atoms with Gasteiger partial charge in [0.2, 0.25) is 0 Å². The summed E-state index contributed by atoms with van der Waals surface area (Å²) in [6.07, 6.45) is -3.03. The van der Waals surface area contributed by atoms with E-state index in [1.54, 1.807) is 12.1 Å². The van der Waals surface area contributed by atoms with Gasteiger partial charge in [-0.15, -0.1) is 0 Å². The number of amides is 2. The van der Waals surface area contributed by atoms with Crippen LogP contribution in [0.3, 0.4) is 0 Å². The molecule has 1 heterocycles. The number of urea groups is 1. The molecule has 0 spiro atoms. The van der Waals surface area contributed by atoms with Gasteiger partial charge in [0.1, 0.15) is 11.4 Å². The Morgan fingerprint density at radius 3 is 2.58 bits per heavy atom. The summed E-state index contributed by atoms with van der Waals surface area (Å²) in [5.74, 6) is 0.292. The molecule has 1 aromatic heterocycles. The molecule has 2 aromatic rings. The second-order valence-electron chi connectivity index (χ2n) is 5.49. The van der Waals surface area contributed by atoms with Crippen LogP contribution in [0.1, 0.15) is 23.8 Å². The summed E-state index contributed by atoms with van der Waals surface area (Å²) >= 11 is 0. The van der Waals surface area contributed by atoms with Crippen LogP contribution in [-0.4, -0.2) is 17.7 Å². The van der Waals surface area contributed by atoms with Gasteiger partial charge >= 0.3 is 12.2 Å². The van der Waals surface area contributed by atoms with Gasteiger partial charge in [0.15, 0.2) is 0 Å². The Kier molecular flexibility index (Phi) is 5.18. The molecular weight excluding hydrogens is 325 g/mol. The smallest absolute Gasteiger partial charge is 0.416 e. The zero-order chi connectivity index (χ0) is 17.8. The molecule has 5 nitrogen and oxygen atoms in total. The highest BCUT2D eigenvalue weighted by atomic mass is 19.4. The van der Waals surface area contributed by atoms with E-state index in [1.165, 1.54) is 25.3 Å². The summed E-state index contributed by atoms with van der Waals surface area (Å²) < 4.78 is 42.9. The molecule has 0 unspecified atom stereocenters. The van der Waals surface area contributed by atoms with Crippen LogP contribution < -0.4 is 10.6 Å². The zero-order valence-electron chi connectivity index (χ0n) is 12.9. The monoisotopic (exact) mass is 342 g/mol. The first kappa shape index (κ1) is 17.9. The van der Waals surface area contributed by atoms with Gasteiger partial charge in [-0.1, -0.05) is 12.1 Å². The number of rotatable bonds is 5. The third-order valence-electron chi connectivity index (χ3n) is 3.35. The van der Waals surface area contributed by atoms with Crippen molar-refractivity contribution < 1.29 is 27.5 Å². The molecule has 24 heavy (non-hydrogen) atoms. The highest BCUT2D eigenvalue weighted by Gasteiger charge is 2.30. The van der Waals surface area contributed by atoms with Gasteiger partial charge < -0.3 is 20.2 Å². The molecule has 2 rings (SSSR count). The minimum absolute atomic E-state index is 0.0708. The first-order chi connectivity index (χ1) is 11.2. The minimum atomic E-state index is -4.43. The fraction of sp³-hybridized carbons (Fsp3) is 0.312. The van der Waals surface area contributed by atoms with Crippen LogP contribution in [0.25, 0.3) is 0 Å². The summed E-state index contributed by atoms with van der Waals surface area (Å²) in [6.45, 7) is 1.28. The molecule has 0 fully saturated rings. The fourth-order valence-corrected chi connectivity index (χ4v) is 2.03. The Bertz CT molecular complexity index is 682. The average molecular weight is 342 g/mol. The van der Waals surface area contributed by atoms with E-state index in [9.17, 15) is 23.1 Å². The largest absolute Gasteiger partial charge is 0.466 e. The van der Waals surface area contributed by atoms with E-state index < -0.39 is 23.4 Å². The number of furan rings is 1. The number of hydrogen-bond acceptors (Lipinski definition) is 3. The summed E-state index contributed by atoms with van der Waals surface area (Å²) in [5.41, 5.74) is -1.85. The van der Waals surface area contributed by atoms with Crippen molar-refractivity contribution in [3.05, 3.63) is 59.5 Å². The molecular formula is C16H17F3N2O3. The van der Waals surface area contributed by atoms with Crippen molar-refractivity contribution in [2.75, 3.05) is 6.54 Å². The topological polar surface area (TPSA) is 74.5 Å². The highest BCUT2D eigenvalue weighted by Crippen LogP contribution is 2.29. The molecule has 0 aliphatic carbocycles.